The van der Waals surface area contributed by atoms with Gasteiger partial charge in [-0.15, -0.1) is 0 Å². The highest BCUT2D eigenvalue weighted by atomic mass is 16.5. The molecule has 2 rings (SSSR count). The predicted octanol–water partition coefficient (Wildman–Crippen LogP) is 3.18. The molecular weight excluding hydrogens is 238 g/mol. The van der Waals surface area contributed by atoms with Gasteiger partial charge < -0.3 is 10.1 Å². The van der Waals surface area contributed by atoms with Crippen molar-refractivity contribution in [1.29, 1.82) is 0 Å². The summed E-state index contributed by atoms with van der Waals surface area (Å²) in [4.78, 5) is 8.39. The van der Waals surface area contributed by atoms with Gasteiger partial charge in [-0.3, -0.25) is 4.98 Å². The Morgan fingerprint density at radius 2 is 2.11 bits per heavy atom. The van der Waals surface area contributed by atoms with Crippen LogP contribution in [0, 0.1) is 6.92 Å². The molecule has 4 nitrogen and oxygen atoms in total. The van der Waals surface area contributed by atoms with E-state index >= 15 is 0 Å². The molecule has 2 aromatic rings. The third-order valence-electron chi connectivity index (χ3n) is 2.74. The number of aryl methyl sites for hydroxylation is 1. The van der Waals surface area contributed by atoms with Crippen LogP contribution in [0.1, 0.15) is 25.0 Å². The number of anilines is 1. The normalized spacial score (nSPS) is 10.5. The Balaban J connectivity index is 2.09. The van der Waals surface area contributed by atoms with Crippen molar-refractivity contribution in [1.82, 2.24) is 9.97 Å². The molecule has 0 aliphatic rings. The maximum absolute atomic E-state index is 5.67. The predicted molar refractivity (Wildman–Crippen MR) is 76.3 cm³/mol. The molecule has 0 saturated heterocycles. The van der Waals surface area contributed by atoms with Gasteiger partial charge in [0.05, 0.1) is 11.8 Å². The fourth-order valence-corrected chi connectivity index (χ4v) is 1.71. The topological polar surface area (TPSA) is 47.0 Å². The fourth-order valence-electron chi connectivity index (χ4n) is 1.71. The lowest BCUT2D eigenvalue weighted by Gasteiger charge is -2.14. The molecule has 1 N–H and O–H groups in total. The third-order valence-corrected chi connectivity index (χ3v) is 2.74. The van der Waals surface area contributed by atoms with Gasteiger partial charge in [0.15, 0.2) is 0 Å². The van der Waals surface area contributed by atoms with Gasteiger partial charge in [0.25, 0.3) is 0 Å². The van der Waals surface area contributed by atoms with Crippen LogP contribution < -0.4 is 10.1 Å². The van der Waals surface area contributed by atoms with Crippen LogP contribution in [-0.4, -0.2) is 16.1 Å². The fraction of sp³-hybridized carbons (Fsp3) is 0.333. The highest BCUT2D eigenvalue weighted by Crippen LogP contribution is 2.22. The molecule has 2 aromatic heterocycles. The van der Waals surface area contributed by atoms with Crippen LogP contribution >= 0.6 is 0 Å². The maximum Gasteiger partial charge on any atom is 0.237 e. The summed E-state index contributed by atoms with van der Waals surface area (Å²) in [6.45, 7) is 6.76. The van der Waals surface area contributed by atoms with Crippen molar-refractivity contribution < 1.29 is 4.74 Å². The molecule has 0 atom stereocenters. The SMILES string of the molecule is Cc1ccncc1CNc1cccnc1OC(C)C. The van der Waals surface area contributed by atoms with E-state index in [1.807, 2.05) is 38.2 Å². The molecule has 0 aromatic carbocycles. The lowest BCUT2D eigenvalue weighted by molar-refractivity contribution is 0.234. The van der Waals surface area contributed by atoms with Crippen LogP contribution in [-0.2, 0) is 6.54 Å². The molecule has 100 valence electrons. The average molecular weight is 257 g/mol. The number of nitrogens with one attached hydrogen (secondary N) is 1. The molecule has 0 aliphatic carbocycles. The molecular formula is C15H19N3O. The van der Waals surface area contributed by atoms with Crippen LogP contribution in [0.5, 0.6) is 5.88 Å². The first-order chi connectivity index (χ1) is 9.16. The van der Waals surface area contributed by atoms with Crippen LogP contribution in [0.15, 0.2) is 36.8 Å². The van der Waals surface area contributed by atoms with Crippen LogP contribution in [0.3, 0.4) is 0 Å². The highest BCUT2D eigenvalue weighted by Gasteiger charge is 2.06. The minimum atomic E-state index is 0.107. The van der Waals surface area contributed by atoms with E-state index in [1.165, 1.54) is 11.1 Å². The Labute approximate surface area is 113 Å². The van der Waals surface area contributed by atoms with E-state index in [4.69, 9.17) is 4.74 Å². The lowest BCUT2D eigenvalue weighted by Crippen LogP contribution is -2.10. The summed E-state index contributed by atoms with van der Waals surface area (Å²) in [5.41, 5.74) is 3.29. The van der Waals surface area contributed by atoms with Crippen molar-refractivity contribution in [3.8, 4) is 5.88 Å². The van der Waals surface area contributed by atoms with Crippen molar-refractivity contribution in [3.63, 3.8) is 0 Å². The van der Waals surface area contributed by atoms with Crippen LogP contribution in [0.4, 0.5) is 5.69 Å². The Morgan fingerprint density at radius 1 is 1.26 bits per heavy atom. The standard InChI is InChI=1S/C15H19N3O/c1-11(2)19-15-14(5-4-7-17-15)18-10-13-9-16-8-6-12(13)3/h4-9,11,18H,10H2,1-3H3. The number of rotatable bonds is 5. The summed E-state index contributed by atoms with van der Waals surface area (Å²) in [6.07, 6.45) is 5.52. The summed E-state index contributed by atoms with van der Waals surface area (Å²) in [5, 5.41) is 3.35. The summed E-state index contributed by atoms with van der Waals surface area (Å²) in [5.74, 6) is 0.638. The molecule has 0 unspecified atom stereocenters. The minimum absolute atomic E-state index is 0.107. The Hall–Kier alpha value is -2.10. The van der Waals surface area contributed by atoms with Gasteiger partial charge >= 0.3 is 0 Å². The van der Waals surface area contributed by atoms with Crippen molar-refractivity contribution in [2.75, 3.05) is 5.32 Å². The Kier molecular flexibility index (Phi) is 4.34. The first-order valence-corrected chi connectivity index (χ1v) is 6.42. The molecule has 0 bridgehead atoms. The lowest BCUT2D eigenvalue weighted by atomic mass is 10.1. The van der Waals surface area contributed by atoms with Crippen molar-refractivity contribution in [2.45, 2.75) is 33.4 Å². The van der Waals surface area contributed by atoms with Gasteiger partial charge in [0.2, 0.25) is 5.88 Å². The van der Waals surface area contributed by atoms with Gasteiger partial charge in [-0.05, 0) is 50.1 Å². The Morgan fingerprint density at radius 3 is 2.84 bits per heavy atom. The molecule has 0 spiro atoms. The molecule has 4 heteroatoms. The summed E-state index contributed by atoms with van der Waals surface area (Å²) in [6, 6.07) is 5.87. The number of hydrogen-bond acceptors (Lipinski definition) is 4. The summed E-state index contributed by atoms with van der Waals surface area (Å²) < 4.78 is 5.67. The number of ether oxygens (including phenoxy) is 1. The van der Waals surface area contributed by atoms with Gasteiger partial charge in [-0.25, -0.2) is 4.98 Å². The second-order valence-corrected chi connectivity index (χ2v) is 4.68. The molecule has 2 heterocycles. The zero-order valence-corrected chi connectivity index (χ0v) is 11.6. The van der Waals surface area contributed by atoms with Crippen molar-refractivity contribution >= 4 is 5.69 Å². The second-order valence-electron chi connectivity index (χ2n) is 4.68. The summed E-state index contributed by atoms with van der Waals surface area (Å²) in [7, 11) is 0. The number of aromatic nitrogens is 2. The maximum atomic E-state index is 5.67. The molecule has 0 aliphatic heterocycles. The van der Waals surface area contributed by atoms with E-state index in [9.17, 15) is 0 Å². The first kappa shape index (κ1) is 13.3. The van der Waals surface area contributed by atoms with Crippen LogP contribution in [0.2, 0.25) is 0 Å². The Bertz CT molecular complexity index is 540. The number of hydrogen-bond donors (Lipinski definition) is 1. The smallest absolute Gasteiger partial charge is 0.237 e. The van der Waals surface area contributed by atoms with E-state index in [1.54, 1.807) is 12.4 Å². The van der Waals surface area contributed by atoms with Crippen LogP contribution in [0.25, 0.3) is 0 Å². The molecule has 0 fully saturated rings. The second kappa shape index (κ2) is 6.18. The molecule has 0 saturated carbocycles. The first-order valence-electron chi connectivity index (χ1n) is 6.42. The van der Waals surface area contributed by atoms with Crippen molar-refractivity contribution in [3.05, 3.63) is 47.9 Å². The molecule has 0 amide bonds. The van der Waals surface area contributed by atoms with E-state index < -0.39 is 0 Å². The van der Waals surface area contributed by atoms with Gasteiger partial charge in [-0.2, -0.15) is 0 Å². The van der Waals surface area contributed by atoms with Gasteiger partial charge in [-0.1, -0.05) is 0 Å². The van der Waals surface area contributed by atoms with E-state index in [-0.39, 0.29) is 6.10 Å². The number of nitrogens with zero attached hydrogens (tertiary/aromatic N) is 2. The third kappa shape index (κ3) is 3.68. The zero-order chi connectivity index (χ0) is 13.7. The highest BCUT2D eigenvalue weighted by molar-refractivity contribution is 5.52. The minimum Gasteiger partial charge on any atom is -0.473 e. The van der Waals surface area contributed by atoms with Gasteiger partial charge in [0.1, 0.15) is 0 Å². The van der Waals surface area contributed by atoms with E-state index in [2.05, 4.69) is 22.2 Å². The van der Waals surface area contributed by atoms with Crippen molar-refractivity contribution in [2.24, 2.45) is 0 Å². The molecule has 0 radical (unpaired) electrons. The largest absolute Gasteiger partial charge is 0.473 e. The average Bonchev–Trinajstić information content (AvgIpc) is 2.39. The zero-order valence-electron chi connectivity index (χ0n) is 11.6. The van der Waals surface area contributed by atoms with Gasteiger partial charge in [0, 0.05) is 25.1 Å². The molecule has 19 heavy (non-hydrogen) atoms. The monoisotopic (exact) mass is 257 g/mol. The summed E-state index contributed by atoms with van der Waals surface area (Å²) >= 11 is 0. The van der Waals surface area contributed by atoms with E-state index in [0.29, 0.717) is 12.4 Å². The quantitative estimate of drug-likeness (QED) is 0.893. The number of pyridine rings is 2. The van der Waals surface area contributed by atoms with E-state index in [0.717, 1.165) is 5.69 Å².